The Morgan fingerprint density at radius 3 is 2.83 bits per heavy atom. The van der Waals surface area contributed by atoms with E-state index >= 15 is 0 Å². The number of carbonyl (C=O) groups excluding carboxylic acids is 1. The van der Waals surface area contributed by atoms with Gasteiger partial charge in [-0.3, -0.25) is 0 Å². The number of benzene rings is 1. The van der Waals surface area contributed by atoms with Crippen molar-refractivity contribution in [2.45, 2.75) is 5.75 Å². The molecule has 0 spiro atoms. The molecule has 0 bridgehead atoms. The SMILES string of the molecule is C=CCNS(=O)(=O)Cc1cccc(C(=O)OC)c1. The van der Waals surface area contributed by atoms with Crippen LogP contribution in [-0.4, -0.2) is 28.0 Å². The number of ether oxygens (including phenoxy) is 1. The second kappa shape index (κ2) is 6.32. The van der Waals surface area contributed by atoms with Crippen LogP contribution in [0.25, 0.3) is 0 Å². The number of hydrogen-bond acceptors (Lipinski definition) is 4. The van der Waals surface area contributed by atoms with Crippen molar-refractivity contribution in [1.82, 2.24) is 4.72 Å². The molecule has 18 heavy (non-hydrogen) atoms. The van der Waals surface area contributed by atoms with Gasteiger partial charge < -0.3 is 4.74 Å². The molecule has 0 saturated carbocycles. The Kier molecular flexibility index (Phi) is 5.06. The highest BCUT2D eigenvalue weighted by Crippen LogP contribution is 2.09. The summed E-state index contributed by atoms with van der Waals surface area (Å²) in [5.41, 5.74) is 0.850. The Morgan fingerprint density at radius 1 is 1.50 bits per heavy atom. The third kappa shape index (κ3) is 4.31. The zero-order valence-corrected chi connectivity index (χ0v) is 10.9. The molecule has 1 aromatic rings. The Bertz CT molecular complexity index is 537. The van der Waals surface area contributed by atoms with Gasteiger partial charge in [-0.2, -0.15) is 0 Å². The van der Waals surface area contributed by atoms with Crippen LogP contribution < -0.4 is 4.72 Å². The molecule has 0 aromatic heterocycles. The van der Waals surface area contributed by atoms with Gasteiger partial charge in [0.05, 0.1) is 18.4 Å². The first kappa shape index (κ1) is 14.4. The Balaban J connectivity index is 2.85. The van der Waals surface area contributed by atoms with E-state index in [2.05, 4.69) is 16.0 Å². The molecule has 0 radical (unpaired) electrons. The number of rotatable bonds is 6. The van der Waals surface area contributed by atoms with Crippen LogP contribution in [0.3, 0.4) is 0 Å². The molecule has 0 aliphatic rings. The fourth-order valence-corrected chi connectivity index (χ4v) is 2.45. The summed E-state index contributed by atoms with van der Waals surface area (Å²) in [6.45, 7) is 3.61. The van der Waals surface area contributed by atoms with Gasteiger partial charge in [0.1, 0.15) is 0 Å². The zero-order chi connectivity index (χ0) is 13.6. The van der Waals surface area contributed by atoms with Gasteiger partial charge in [-0.25, -0.2) is 17.9 Å². The first-order valence-electron chi connectivity index (χ1n) is 5.24. The number of sulfonamides is 1. The minimum Gasteiger partial charge on any atom is -0.465 e. The number of esters is 1. The van der Waals surface area contributed by atoms with E-state index in [0.717, 1.165) is 0 Å². The summed E-state index contributed by atoms with van der Waals surface area (Å²) < 4.78 is 30.2. The molecule has 0 heterocycles. The van der Waals surface area contributed by atoms with Crippen molar-refractivity contribution in [3.63, 3.8) is 0 Å². The molecule has 0 amide bonds. The van der Waals surface area contributed by atoms with Crippen molar-refractivity contribution in [2.75, 3.05) is 13.7 Å². The summed E-state index contributed by atoms with van der Waals surface area (Å²) in [5, 5.41) is 0. The highest BCUT2D eigenvalue weighted by molar-refractivity contribution is 7.88. The van der Waals surface area contributed by atoms with Crippen LogP contribution in [0.4, 0.5) is 0 Å². The van der Waals surface area contributed by atoms with E-state index < -0.39 is 16.0 Å². The monoisotopic (exact) mass is 269 g/mol. The van der Waals surface area contributed by atoms with E-state index in [9.17, 15) is 13.2 Å². The maximum atomic E-state index is 11.6. The molecule has 1 aromatic carbocycles. The van der Waals surface area contributed by atoms with Crippen LogP contribution in [-0.2, 0) is 20.5 Å². The molecule has 0 unspecified atom stereocenters. The molecular weight excluding hydrogens is 254 g/mol. The third-order valence-electron chi connectivity index (χ3n) is 2.15. The molecule has 98 valence electrons. The van der Waals surface area contributed by atoms with Gasteiger partial charge in [-0.05, 0) is 17.7 Å². The van der Waals surface area contributed by atoms with Crippen molar-refractivity contribution in [3.8, 4) is 0 Å². The van der Waals surface area contributed by atoms with Crippen LogP contribution in [0.1, 0.15) is 15.9 Å². The first-order valence-corrected chi connectivity index (χ1v) is 6.89. The van der Waals surface area contributed by atoms with E-state index in [1.54, 1.807) is 18.2 Å². The fourth-order valence-electron chi connectivity index (χ4n) is 1.36. The van der Waals surface area contributed by atoms with Gasteiger partial charge in [0.25, 0.3) is 0 Å². The lowest BCUT2D eigenvalue weighted by Crippen LogP contribution is -2.25. The van der Waals surface area contributed by atoms with Crippen LogP contribution >= 0.6 is 0 Å². The summed E-state index contributed by atoms with van der Waals surface area (Å²) in [5.74, 6) is -0.681. The highest BCUT2D eigenvalue weighted by Gasteiger charge is 2.12. The minimum atomic E-state index is -3.42. The van der Waals surface area contributed by atoms with E-state index in [0.29, 0.717) is 11.1 Å². The second-order valence-electron chi connectivity index (χ2n) is 3.59. The smallest absolute Gasteiger partial charge is 0.337 e. The van der Waals surface area contributed by atoms with Gasteiger partial charge in [0, 0.05) is 6.54 Å². The van der Waals surface area contributed by atoms with E-state index in [1.807, 2.05) is 0 Å². The van der Waals surface area contributed by atoms with Crippen LogP contribution in [0.2, 0.25) is 0 Å². The maximum absolute atomic E-state index is 11.6. The average molecular weight is 269 g/mol. The van der Waals surface area contributed by atoms with Gasteiger partial charge in [0.15, 0.2) is 0 Å². The average Bonchev–Trinajstić information content (AvgIpc) is 2.35. The molecule has 1 N–H and O–H groups in total. The first-order chi connectivity index (χ1) is 8.48. The van der Waals surface area contributed by atoms with Crippen LogP contribution in [0, 0.1) is 0 Å². The highest BCUT2D eigenvalue weighted by atomic mass is 32.2. The third-order valence-corrected chi connectivity index (χ3v) is 3.47. The van der Waals surface area contributed by atoms with E-state index in [1.165, 1.54) is 19.3 Å². The predicted octanol–water partition coefficient (Wildman–Crippen LogP) is 1.08. The van der Waals surface area contributed by atoms with E-state index in [4.69, 9.17) is 0 Å². The van der Waals surface area contributed by atoms with Gasteiger partial charge >= 0.3 is 5.97 Å². The number of methoxy groups -OCH3 is 1. The summed E-state index contributed by atoms with van der Waals surface area (Å²) >= 11 is 0. The maximum Gasteiger partial charge on any atom is 0.337 e. The van der Waals surface area contributed by atoms with Gasteiger partial charge in [0.2, 0.25) is 10.0 Å². The van der Waals surface area contributed by atoms with Crippen molar-refractivity contribution >= 4 is 16.0 Å². The zero-order valence-electron chi connectivity index (χ0n) is 10.0. The van der Waals surface area contributed by atoms with Crippen LogP contribution in [0.5, 0.6) is 0 Å². The number of nitrogens with one attached hydrogen (secondary N) is 1. The molecule has 1 rings (SSSR count). The summed E-state index contributed by atoms with van der Waals surface area (Å²) in [4.78, 5) is 11.3. The largest absolute Gasteiger partial charge is 0.465 e. The molecular formula is C12H15NO4S. The van der Waals surface area contributed by atoms with Crippen LogP contribution in [0.15, 0.2) is 36.9 Å². The normalized spacial score (nSPS) is 10.9. The molecule has 0 fully saturated rings. The predicted molar refractivity (Wildman–Crippen MR) is 68.6 cm³/mol. The van der Waals surface area contributed by atoms with Gasteiger partial charge in [-0.15, -0.1) is 6.58 Å². The summed E-state index contributed by atoms with van der Waals surface area (Å²) in [6.07, 6.45) is 1.46. The lowest BCUT2D eigenvalue weighted by molar-refractivity contribution is 0.0600. The van der Waals surface area contributed by atoms with Crippen molar-refractivity contribution in [2.24, 2.45) is 0 Å². The van der Waals surface area contributed by atoms with Crippen molar-refractivity contribution < 1.29 is 17.9 Å². The lowest BCUT2D eigenvalue weighted by Gasteiger charge is -2.06. The molecule has 0 aliphatic heterocycles. The van der Waals surface area contributed by atoms with Crippen molar-refractivity contribution in [3.05, 3.63) is 48.0 Å². The van der Waals surface area contributed by atoms with E-state index in [-0.39, 0.29) is 12.3 Å². The topological polar surface area (TPSA) is 72.5 Å². The second-order valence-corrected chi connectivity index (χ2v) is 5.40. The summed E-state index contributed by atoms with van der Waals surface area (Å²) in [6, 6.07) is 6.32. The van der Waals surface area contributed by atoms with Crippen molar-refractivity contribution in [1.29, 1.82) is 0 Å². The lowest BCUT2D eigenvalue weighted by atomic mass is 10.1. The number of carbonyl (C=O) groups is 1. The fraction of sp³-hybridized carbons (Fsp3) is 0.250. The Labute approximate surface area is 107 Å². The standard InChI is InChI=1S/C12H15NO4S/c1-3-7-13-18(15,16)9-10-5-4-6-11(8-10)12(14)17-2/h3-6,8,13H,1,7,9H2,2H3. The molecule has 6 heteroatoms. The molecule has 5 nitrogen and oxygen atoms in total. The quantitative estimate of drug-likeness (QED) is 0.619. The molecule has 0 saturated heterocycles. The number of hydrogen-bond donors (Lipinski definition) is 1. The molecule has 0 atom stereocenters. The Hall–Kier alpha value is -1.66. The van der Waals surface area contributed by atoms with Gasteiger partial charge in [-0.1, -0.05) is 18.2 Å². The Morgan fingerprint density at radius 2 is 2.22 bits per heavy atom. The molecule has 0 aliphatic carbocycles. The summed E-state index contributed by atoms with van der Waals surface area (Å²) in [7, 11) is -2.14. The minimum absolute atomic E-state index is 0.180.